The van der Waals surface area contributed by atoms with Gasteiger partial charge in [0.25, 0.3) is 5.91 Å². The van der Waals surface area contributed by atoms with Crippen molar-refractivity contribution < 1.29 is 18.7 Å². The van der Waals surface area contributed by atoms with Crippen LogP contribution in [-0.2, 0) is 16.1 Å². The van der Waals surface area contributed by atoms with E-state index in [0.717, 1.165) is 12.0 Å². The second kappa shape index (κ2) is 11.2. The Morgan fingerprint density at radius 2 is 1.77 bits per heavy atom. The number of nitrogens with one attached hydrogen (secondary N) is 1. The number of rotatable bonds is 9. The monoisotopic (exact) mass is 454 g/mol. The fourth-order valence-electron chi connectivity index (χ4n) is 2.64. The van der Waals surface area contributed by atoms with Crippen LogP contribution in [0.1, 0.15) is 32.8 Å². The molecule has 1 N–H and O–H groups in total. The van der Waals surface area contributed by atoms with Gasteiger partial charge in [0.1, 0.15) is 17.6 Å². The molecule has 0 aliphatic heterocycles. The minimum absolute atomic E-state index is 0.0163. The summed E-state index contributed by atoms with van der Waals surface area (Å²) in [6.07, 6.45) is 0.771. The fraction of sp³-hybridized carbons (Fsp3) is 0.364. The van der Waals surface area contributed by atoms with E-state index in [-0.39, 0.29) is 25.1 Å². The molecule has 0 unspecified atom stereocenters. The van der Waals surface area contributed by atoms with E-state index in [1.807, 2.05) is 13.8 Å². The van der Waals surface area contributed by atoms with Crippen LogP contribution in [0, 0.1) is 5.82 Å². The number of ether oxygens (including phenoxy) is 1. The number of amides is 2. The average Bonchev–Trinajstić information content (AvgIpc) is 2.73. The Morgan fingerprint density at radius 3 is 2.37 bits per heavy atom. The van der Waals surface area contributed by atoms with Crippen LogP contribution in [0.4, 0.5) is 4.39 Å². The van der Waals surface area contributed by atoms with Gasteiger partial charge in [-0.15, -0.1) is 0 Å². The number of carbonyl (C=O) groups excluding carboxylic acids is 2. The molecule has 0 bridgehead atoms. The van der Waals surface area contributed by atoms with Gasteiger partial charge in [0.2, 0.25) is 5.91 Å². The molecular formula is C22H25Cl2FN2O3. The highest BCUT2D eigenvalue weighted by Gasteiger charge is 2.27. The van der Waals surface area contributed by atoms with Crippen LogP contribution in [0.5, 0.6) is 5.75 Å². The second-order valence-corrected chi connectivity index (χ2v) is 7.82. The lowest BCUT2D eigenvalue weighted by Gasteiger charge is -2.29. The van der Waals surface area contributed by atoms with Crippen LogP contribution in [0.15, 0.2) is 42.5 Å². The van der Waals surface area contributed by atoms with Gasteiger partial charge in [-0.3, -0.25) is 9.59 Å². The summed E-state index contributed by atoms with van der Waals surface area (Å²) in [4.78, 5) is 27.0. The highest BCUT2D eigenvalue weighted by Crippen LogP contribution is 2.24. The SMILES string of the molecule is CC[C@H](C)NC(=O)[C@H](C)N(Cc1ccc(Cl)c(Cl)c1)C(=O)COc1ccc(F)cc1. The van der Waals surface area contributed by atoms with Gasteiger partial charge in [-0.2, -0.15) is 0 Å². The van der Waals surface area contributed by atoms with Crippen molar-refractivity contribution in [1.82, 2.24) is 10.2 Å². The summed E-state index contributed by atoms with van der Waals surface area (Å²) in [5.41, 5.74) is 0.725. The molecule has 2 aromatic carbocycles. The lowest BCUT2D eigenvalue weighted by atomic mass is 10.1. The molecule has 0 fully saturated rings. The first-order chi connectivity index (χ1) is 14.2. The summed E-state index contributed by atoms with van der Waals surface area (Å²) in [7, 11) is 0. The van der Waals surface area contributed by atoms with Gasteiger partial charge >= 0.3 is 0 Å². The minimum atomic E-state index is -0.738. The molecule has 0 saturated carbocycles. The minimum Gasteiger partial charge on any atom is -0.484 e. The van der Waals surface area contributed by atoms with Gasteiger partial charge in [-0.05, 0) is 62.2 Å². The lowest BCUT2D eigenvalue weighted by molar-refractivity contribution is -0.142. The third-order valence-electron chi connectivity index (χ3n) is 4.68. The molecule has 0 aliphatic carbocycles. The zero-order valence-electron chi connectivity index (χ0n) is 17.1. The fourth-order valence-corrected chi connectivity index (χ4v) is 2.96. The molecule has 2 aromatic rings. The molecule has 0 radical (unpaired) electrons. The molecule has 0 aromatic heterocycles. The Morgan fingerprint density at radius 1 is 1.10 bits per heavy atom. The molecule has 8 heteroatoms. The summed E-state index contributed by atoms with van der Waals surface area (Å²) < 4.78 is 18.5. The molecule has 0 aliphatic rings. The predicted octanol–water partition coefficient (Wildman–Crippen LogP) is 4.84. The van der Waals surface area contributed by atoms with E-state index in [0.29, 0.717) is 15.8 Å². The number of benzene rings is 2. The number of nitrogens with zero attached hydrogens (tertiary/aromatic N) is 1. The largest absolute Gasteiger partial charge is 0.484 e. The van der Waals surface area contributed by atoms with Gasteiger partial charge < -0.3 is 15.0 Å². The van der Waals surface area contributed by atoms with Crippen molar-refractivity contribution >= 4 is 35.0 Å². The summed E-state index contributed by atoms with van der Waals surface area (Å²) in [5, 5.41) is 3.65. The van der Waals surface area contributed by atoms with Gasteiger partial charge in [-0.1, -0.05) is 36.2 Å². The molecule has 30 heavy (non-hydrogen) atoms. The second-order valence-electron chi connectivity index (χ2n) is 7.01. The smallest absolute Gasteiger partial charge is 0.261 e. The van der Waals surface area contributed by atoms with Gasteiger partial charge in [0, 0.05) is 12.6 Å². The van der Waals surface area contributed by atoms with E-state index in [9.17, 15) is 14.0 Å². The summed E-state index contributed by atoms with van der Waals surface area (Å²) in [5.74, 6) is -0.696. The highest BCUT2D eigenvalue weighted by atomic mass is 35.5. The van der Waals surface area contributed by atoms with Crippen molar-refractivity contribution in [1.29, 1.82) is 0 Å². The maximum atomic E-state index is 13.0. The maximum absolute atomic E-state index is 13.0. The zero-order valence-corrected chi connectivity index (χ0v) is 18.6. The van der Waals surface area contributed by atoms with Crippen molar-refractivity contribution in [2.45, 2.75) is 45.8 Å². The molecular weight excluding hydrogens is 430 g/mol. The van der Waals surface area contributed by atoms with E-state index in [1.54, 1.807) is 25.1 Å². The first kappa shape index (κ1) is 24.0. The Kier molecular flexibility index (Phi) is 8.93. The van der Waals surface area contributed by atoms with Crippen LogP contribution >= 0.6 is 23.2 Å². The van der Waals surface area contributed by atoms with E-state index >= 15 is 0 Å². The third-order valence-corrected chi connectivity index (χ3v) is 5.42. The van der Waals surface area contributed by atoms with Crippen molar-refractivity contribution in [3.05, 3.63) is 63.9 Å². The number of carbonyl (C=O) groups is 2. The van der Waals surface area contributed by atoms with Gasteiger partial charge in [-0.25, -0.2) is 4.39 Å². The quantitative estimate of drug-likeness (QED) is 0.589. The van der Waals surface area contributed by atoms with Crippen LogP contribution in [0.25, 0.3) is 0 Å². The molecule has 5 nitrogen and oxygen atoms in total. The lowest BCUT2D eigenvalue weighted by Crippen LogP contribution is -2.50. The Hall–Kier alpha value is -2.31. The summed E-state index contributed by atoms with van der Waals surface area (Å²) in [6.45, 7) is 5.37. The normalized spacial score (nSPS) is 12.7. The van der Waals surface area contributed by atoms with Gasteiger partial charge in [0.05, 0.1) is 10.0 Å². The molecule has 162 valence electrons. The zero-order chi connectivity index (χ0) is 22.3. The molecule has 0 saturated heterocycles. The van der Waals surface area contributed by atoms with E-state index in [1.165, 1.54) is 29.2 Å². The molecule has 2 atom stereocenters. The standard InChI is InChI=1S/C22H25Cl2FN2O3/c1-4-14(2)26-22(29)15(3)27(12-16-5-10-19(23)20(24)11-16)21(28)13-30-18-8-6-17(25)7-9-18/h5-11,14-15H,4,12-13H2,1-3H3,(H,26,29)/t14-,15-/m0/s1. The van der Waals surface area contributed by atoms with Gasteiger partial charge in [0.15, 0.2) is 6.61 Å². The van der Waals surface area contributed by atoms with E-state index in [4.69, 9.17) is 27.9 Å². The van der Waals surface area contributed by atoms with Crippen LogP contribution in [0.3, 0.4) is 0 Å². The predicted molar refractivity (Wildman–Crippen MR) is 116 cm³/mol. The number of hydrogen-bond donors (Lipinski definition) is 1. The molecule has 2 rings (SSSR count). The first-order valence-corrected chi connectivity index (χ1v) is 10.4. The molecule has 0 spiro atoms. The van der Waals surface area contributed by atoms with Crippen molar-refractivity contribution in [3.8, 4) is 5.75 Å². The van der Waals surface area contributed by atoms with Crippen LogP contribution in [-0.4, -0.2) is 35.4 Å². The maximum Gasteiger partial charge on any atom is 0.261 e. The van der Waals surface area contributed by atoms with Crippen molar-refractivity contribution in [2.24, 2.45) is 0 Å². The highest BCUT2D eigenvalue weighted by molar-refractivity contribution is 6.42. The van der Waals surface area contributed by atoms with Crippen molar-refractivity contribution in [2.75, 3.05) is 6.61 Å². The molecule has 0 heterocycles. The number of halogens is 3. The first-order valence-electron chi connectivity index (χ1n) is 9.63. The summed E-state index contributed by atoms with van der Waals surface area (Å²) in [6, 6.07) is 9.65. The number of hydrogen-bond acceptors (Lipinski definition) is 3. The third kappa shape index (κ3) is 6.89. The van der Waals surface area contributed by atoms with E-state index < -0.39 is 17.8 Å². The van der Waals surface area contributed by atoms with Crippen molar-refractivity contribution in [3.63, 3.8) is 0 Å². The Labute approximate surface area is 186 Å². The van der Waals surface area contributed by atoms with Crippen LogP contribution in [0.2, 0.25) is 10.0 Å². The summed E-state index contributed by atoms with van der Waals surface area (Å²) >= 11 is 12.1. The average molecular weight is 455 g/mol. The Balaban J connectivity index is 2.17. The molecule has 2 amide bonds. The van der Waals surface area contributed by atoms with Crippen LogP contribution < -0.4 is 10.1 Å². The topological polar surface area (TPSA) is 58.6 Å². The Bertz CT molecular complexity index is 877. The van der Waals surface area contributed by atoms with E-state index in [2.05, 4.69) is 5.32 Å².